The van der Waals surface area contributed by atoms with Gasteiger partial charge in [0.25, 0.3) is 10.0 Å². The van der Waals surface area contributed by atoms with Crippen molar-refractivity contribution in [1.82, 2.24) is 5.32 Å². The zero-order chi connectivity index (χ0) is 21.1. The molecule has 0 radical (unpaired) electrons. The van der Waals surface area contributed by atoms with Gasteiger partial charge >= 0.3 is 6.03 Å². The van der Waals surface area contributed by atoms with Crippen molar-refractivity contribution in [2.75, 3.05) is 16.2 Å². The fourth-order valence-corrected chi connectivity index (χ4v) is 5.54. The summed E-state index contributed by atoms with van der Waals surface area (Å²) >= 11 is 1.55. The minimum Gasteiger partial charge on any atom is -0.333 e. The largest absolute Gasteiger partial charge is 0.333 e. The molecule has 30 heavy (non-hydrogen) atoms. The van der Waals surface area contributed by atoms with E-state index in [1.165, 1.54) is 16.4 Å². The molecule has 2 N–H and O–H groups in total. The minimum absolute atomic E-state index is 0.0313. The van der Waals surface area contributed by atoms with Gasteiger partial charge in [-0.05, 0) is 66.2 Å². The molecule has 9 heteroatoms. The van der Waals surface area contributed by atoms with E-state index < -0.39 is 15.8 Å². The lowest BCUT2D eigenvalue weighted by atomic mass is 10.0. The smallest absolute Gasteiger partial charge is 0.319 e. The van der Waals surface area contributed by atoms with E-state index in [0.717, 1.165) is 29.0 Å². The van der Waals surface area contributed by atoms with Crippen molar-refractivity contribution in [3.05, 3.63) is 76.2 Å². The van der Waals surface area contributed by atoms with Gasteiger partial charge < -0.3 is 10.6 Å². The second kappa shape index (κ2) is 8.45. The van der Waals surface area contributed by atoms with Gasteiger partial charge in [0.1, 0.15) is 5.82 Å². The highest BCUT2D eigenvalue weighted by Crippen LogP contribution is 2.34. The molecule has 0 unspecified atom stereocenters. The molecule has 0 fully saturated rings. The van der Waals surface area contributed by atoms with E-state index in [-0.39, 0.29) is 10.9 Å². The van der Waals surface area contributed by atoms with Gasteiger partial charge in [0.2, 0.25) is 0 Å². The van der Waals surface area contributed by atoms with Crippen molar-refractivity contribution in [3.8, 4) is 0 Å². The molecular weight excluding hydrogens is 425 g/mol. The number of sulfonamides is 1. The quantitative estimate of drug-likeness (QED) is 0.613. The number of thiophene rings is 1. The molecular formula is C21H20FN3O3S2. The Balaban J connectivity index is 1.55. The van der Waals surface area contributed by atoms with Gasteiger partial charge in [-0.25, -0.2) is 17.6 Å². The van der Waals surface area contributed by atoms with Crippen LogP contribution in [0, 0.1) is 5.82 Å². The molecule has 6 nitrogen and oxygen atoms in total. The third-order valence-corrected chi connectivity index (χ3v) is 7.53. The van der Waals surface area contributed by atoms with Crippen molar-refractivity contribution in [1.29, 1.82) is 0 Å². The second-order valence-corrected chi connectivity index (χ2v) is 9.76. The first-order chi connectivity index (χ1) is 14.4. The Morgan fingerprint density at radius 2 is 1.93 bits per heavy atom. The number of carbonyl (C=O) groups is 1. The van der Waals surface area contributed by atoms with Crippen molar-refractivity contribution in [2.24, 2.45) is 0 Å². The lowest BCUT2D eigenvalue weighted by Gasteiger charge is -2.31. The van der Waals surface area contributed by atoms with E-state index in [1.54, 1.807) is 23.5 Å². The number of aryl methyl sites for hydroxylation is 1. The zero-order valence-corrected chi connectivity index (χ0v) is 17.6. The average Bonchev–Trinajstić information content (AvgIpc) is 3.26. The van der Waals surface area contributed by atoms with Crippen molar-refractivity contribution >= 4 is 38.8 Å². The molecule has 1 aliphatic heterocycles. The highest BCUT2D eigenvalue weighted by Gasteiger charge is 2.29. The highest BCUT2D eigenvalue weighted by molar-refractivity contribution is 7.92. The van der Waals surface area contributed by atoms with E-state index in [1.807, 2.05) is 23.6 Å². The van der Waals surface area contributed by atoms with Crippen LogP contribution in [0.1, 0.15) is 16.9 Å². The number of hydrogen-bond donors (Lipinski definition) is 2. The Bertz CT molecular complexity index is 1150. The predicted octanol–water partition coefficient (Wildman–Crippen LogP) is 4.35. The van der Waals surface area contributed by atoms with E-state index in [2.05, 4.69) is 10.6 Å². The zero-order valence-electron chi connectivity index (χ0n) is 16.0. The summed E-state index contributed by atoms with van der Waals surface area (Å²) in [6.07, 6.45) is 1.43. The third kappa shape index (κ3) is 4.31. The molecule has 0 spiro atoms. The van der Waals surface area contributed by atoms with Crippen molar-refractivity contribution in [2.45, 2.75) is 24.3 Å². The fourth-order valence-electron chi connectivity index (χ4n) is 3.36. The first-order valence-corrected chi connectivity index (χ1v) is 11.7. The van der Waals surface area contributed by atoms with E-state index in [0.29, 0.717) is 30.9 Å². The molecule has 2 amide bonds. The summed E-state index contributed by atoms with van der Waals surface area (Å²) in [4.78, 5) is 13.3. The number of hydrogen-bond acceptors (Lipinski definition) is 4. The van der Waals surface area contributed by atoms with Crippen molar-refractivity contribution in [3.63, 3.8) is 0 Å². The molecule has 3 aromatic rings. The number of anilines is 2. The number of rotatable bonds is 5. The molecule has 1 aliphatic rings. The van der Waals surface area contributed by atoms with E-state index in [4.69, 9.17) is 0 Å². The van der Waals surface area contributed by atoms with Gasteiger partial charge in [-0.15, -0.1) is 11.3 Å². The monoisotopic (exact) mass is 445 g/mol. The predicted molar refractivity (Wildman–Crippen MR) is 116 cm³/mol. The number of amides is 2. The normalized spacial score (nSPS) is 13.6. The van der Waals surface area contributed by atoms with Crippen LogP contribution in [0.2, 0.25) is 0 Å². The Kier molecular flexibility index (Phi) is 5.74. The number of benzene rings is 2. The maximum atomic E-state index is 13.2. The average molecular weight is 446 g/mol. The van der Waals surface area contributed by atoms with Crippen LogP contribution in [0.15, 0.2) is 64.9 Å². The topological polar surface area (TPSA) is 78.5 Å². The standard InChI is InChI=1S/C21H20FN3O3S2/c22-16-6-9-19(10-7-16)30(27,28)25-11-1-3-15-5-8-17(13-20(15)25)24-21(26)23-14-18-4-2-12-29-18/h2,4-10,12-13H,1,3,11,14H2,(H2,23,24,26). The molecule has 0 atom stereocenters. The fraction of sp³-hybridized carbons (Fsp3) is 0.190. The molecule has 0 aliphatic carbocycles. The number of carbonyl (C=O) groups excluding carboxylic acids is 1. The van der Waals surface area contributed by atoms with Gasteiger partial charge in [0, 0.05) is 17.1 Å². The third-order valence-electron chi connectivity index (χ3n) is 4.82. The molecule has 4 rings (SSSR count). The van der Waals surface area contributed by atoms with Gasteiger partial charge in [-0.1, -0.05) is 12.1 Å². The summed E-state index contributed by atoms with van der Waals surface area (Å²) < 4.78 is 40.8. The van der Waals surface area contributed by atoms with Crippen LogP contribution in [-0.4, -0.2) is 21.0 Å². The molecule has 2 aromatic carbocycles. The highest BCUT2D eigenvalue weighted by atomic mass is 32.2. The maximum Gasteiger partial charge on any atom is 0.319 e. The number of nitrogens with zero attached hydrogens (tertiary/aromatic N) is 1. The van der Waals surface area contributed by atoms with Crippen LogP contribution in [0.5, 0.6) is 0 Å². The Labute approximate surface area is 178 Å². The van der Waals surface area contributed by atoms with Crippen LogP contribution in [-0.2, 0) is 23.0 Å². The summed E-state index contributed by atoms with van der Waals surface area (Å²) in [7, 11) is -3.84. The Morgan fingerprint density at radius 3 is 2.67 bits per heavy atom. The van der Waals surface area contributed by atoms with E-state index >= 15 is 0 Å². The lowest BCUT2D eigenvalue weighted by Crippen LogP contribution is -2.35. The van der Waals surface area contributed by atoms with Gasteiger partial charge in [0.05, 0.1) is 17.1 Å². The molecule has 0 saturated carbocycles. The number of fused-ring (bicyclic) bond motifs is 1. The molecule has 1 aromatic heterocycles. The van der Waals surface area contributed by atoms with E-state index in [9.17, 15) is 17.6 Å². The Hall–Kier alpha value is -2.91. The van der Waals surface area contributed by atoms with Crippen LogP contribution < -0.4 is 14.9 Å². The summed E-state index contributed by atoms with van der Waals surface area (Å²) in [6.45, 7) is 0.736. The maximum absolute atomic E-state index is 13.2. The summed E-state index contributed by atoms with van der Waals surface area (Å²) in [5.41, 5.74) is 1.91. The van der Waals surface area contributed by atoms with Crippen LogP contribution in [0.4, 0.5) is 20.6 Å². The number of halogens is 1. The lowest BCUT2D eigenvalue weighted by molar-refractivity contribution is 0.252. The van der Waals surface area contributed by atoms with Crippen molar-refractivity contribution < 1.29 is 17.6 Å². The number of urea groups is 1. The molecule has 0 saturated heterocycles. The first kappa shape index (κ1) is 20.4. The SMILES string of the molecule is O=C(NCc1cccs1)Nc1ccc2c(c1)N(S(=O)(=O)c1ccc(F)cc1)CCC2. The molecule has 156 valence electrons. The van der Waals surface area contributed by atoms with Crippen LogP contribution in [0.3, 0.4) is 0 Å². The summed E-state index contributed by atoms with van der Waals surface area (Å²) in [5.74, 6) is -0.493. The summed E-state index contributed by atoms with van der Waals surface area (Å²) in [6, 6.07) is 13.5. The molecule has 0 bridgehead atoms. The van der Waals surface area contributed by atoms with Gasteiger partial charge in [0.15, 0.2) is 0 Å². The van der Waals surface area contributed by atoms with Gasteiger partial charge in [-0.2, -0.15) is 0 Å². The number of nitrogens with one attached hydrogen (secondary N) is 2. The second-order valence-electron chi connectivity index (χ2n) is 6.87. The summed E-state index contributed by atoms with van der Waals surface area (Å²) in [5, 5.41) is 7.48. The van der Waals surface area contributed by atoms with Gasteiger partial charge in [-0.3, -0.25) is 4.31 Å². The van der Waals surface area contributed by atoms with Crippen LogP contribution in [0.25, 0.3) is 0 Å². The molecule has 2 heterocycles. The Morgan fingerprint density at radius 1 is 1.13 bits per heavy atom. The first-order valence-electron chi connectivity index (χ1n) is 9.42. The minimum atomic E-state index is -3.84. The van der Waals surface area contributed by atoms with Crippen LogP contribution >= 0.6 is 11.3 Å².